The van der Waals surface area contributed by atoms with E-state index in [1.165, 1.54) is 10.7 Å². The zero-order valence-corrected chi connectivity index (χ0v) is 10.2. The minimum absolute atomic E-state index is 0.180. The molecule has 0 saturated heterocycles. The number of nitrogens with zero attached hydrogens (tertiary/aromatic N) is 1. The van der Waals surface area contributed by atoms with E-state index in [1.54, 1.807) is 24.3 Å². The fraction of sp³-hybridized carbons (Fsp3) is 0. The molecule has 0 bridgehead atoms. The molecule has 0 aliphatic carbocycles. The Morgan fingerprint density at radius 3 is 2.55 bits per heavy atom. The summed E-state index contributed by atoms with van der Waals surface area (Å²) in [6, 6.07) is 10.0. The Kier molecular flexibility index (Phi) is 3.80. The van der Waals surface area contributed by atoms with Gasteiger partial charge < -0.3 is 10.4 Å². The van der Waals surface area contributed by atoms with E-state index in [2.05, 4.69) is 10.4 Å². The van der Waals surface area contributed by atoms with Crippen LogP contribution in [0.15, 0.2) is 53.3 Å². The number of anilines is 1. The smallest absolute Gasteiger partial charge is 0.328 e. The average Bonchev–Trinajstić information content (AvgIpc) is 2.78. The average molecular weight is 273 g/mol. The second-order valence-electron chi connectivity index (χ2n) is 3.84. The number of aliphatic carboxylic acids is 1. The van der Waals surface area contributed by atoms with Gasteiger partial charge in [0.05, 0.1) is 5.69 Å². The molecule has 0 unspecified atom stereocenters. The molecular weight excluding hydrogens is 262 g/mol. The third-order valence-corrected chi connectivity index (χ3v) is 2.37. The summed E-state index contributed by atoms with van der Waals surface area (Å²) in [5.41, 5.74) is 0.285. The van der Waals surface area contributed by atoms with Crippen molar-refractivity contribution < 1.29 is 14.7 Å². The Hall–Kier alpha value is -3.09. The van der Waals surface area contributed by atoms with Crippen LogP contribution in [0, 0.1) is 0 Å². The Bertz CT molecular complexity index is 713. The molecule has 2 rings (SSSR count). The molecule has 102 valence electrons. The zero-order chi connectivity index (χ0) is 14.5. The zero-order valence-electron chi connectivity index (χ0n) is 10.2. The number of carbonyl (C=O) groups excluding carboxylic acids is 1. The standard InChI is InChI=1S/C13H11N3O4/c17-11(6-7-13(19)20)14-10-8-12(18)16(15-10)9-4-2-1-3-5-9/h1-8,15H,(H,14,17)(H,19,20)/b7-6-. The van der Waals surface area contributed by atoms with Gasteiger partial charge in [-0.3, -0.25) is 14.7 Å². The van der Waals surface area contributed by atoms with Crippen LogP contribution in [0.5, 0.6) is 0 Å². The summed E-state index contributed by atoms with van der Waals surface area (Å²) in [5, 5.41) is 13.5. The van der Waals surface area contributed by atoms with Gasteiger partial charge >= 0.3 is 5.97 Å². The van der Waals surface area contributed by atoms with E-state index >= 15 is 0 Å². The number of H-pyrrole nitrogens is 1. The summed E-state index contributed by atoms with van der Waals surface area (Å²) in [7, 11) is 0. The quantitative estimate of drug-likeness (QED) is 0.715. The van der Waals surface area contributed by atoms with Crippen LogP contribution in [0.2, 0.25) is 0 Å². The molecule has 0 saturated carbocycles. The van der Waals surface area contributed by atoms with Crippen LogP contribution in [0.3, 0.4) is 0 Å². The van der Waals surface area contributed by atoms with Crippen molar-refractivity contribution in [2.75, 3.05) is 5.32 Å². The van der Waals surface area contributed by atoms with Crippen molar-refractivity contribution in [2.24, 2.45) is 0 Å². The van der Waals surface area contributed by atoms with Crippen LogP contribution < -0.4 is 10.9 Å². The predicted molar refractivity (Wildman–Crippen MR) is 71.8 cm³/mol. The molecule has 7 nitrogen and oxygen atoms in total. The number of carboxylic acid groups (broad SMARTS) is 1. The second kappa shape index (κ2) is 5.70. The maximum atomic E-state index is 11.8. The maximum absolute atomic E-state index is 11.8. The highest BCUT2D eigenvalue weighted by molar-refractivity contribution is 6.01. The minimum Gasteiger partial charge on any atom is -0.478 e. The van der Waals surface area contributed by atoms with E-state index in [4.69, 9.17) is 5.11 Å². The topological polar surface area (TPSA) is 104 Å². The number of hydrogen-bond acceptors (Lipinski definition) is 3. The third kappa shape index (κ3) is 3.22. The fourth-order valence-corrected chi connectivity index (χ4v) is 1.55. The van der Waals surface area contributed by atoms with Crippen molar-refractivity contribution >= 4 is 17.7 Å². The maximum Gasteiger partial charge on any atom is 0.328 e. The fourth-order valence-electron chi connectivity index (χ4n) is 1.55. The number of rotatable bonds is 4. The summed E-state index contributed by atoms with van der Waals surface area (Å²) in [6.45, 7) is 0. The highest BCUT2D eigenvalue weighted by Crippen LogP contribution is 2.05. The van der Waals surface area contributed by atoms with Gasteiger partial charge in [0, 0.05) is 18.2 Å². The van der Waals surface area contributed by atoms with Crippen LogP contribution in [0.25, 0.3) is 5.69 Å². The molecule has 1 heterocycles. The van der Waals surface area contributed by atoms with Gasteiger partial charge in [0.25, 0.3) is 5.56 Å². The Morgan fingerprint density at radius 1 is 1.20 bits per heavy atom. The van der Waals surface area contributed by atoms with E-state index < -0.39 is 11.9 Å². The largest absolute Gasteiger partial charge is 0.478 e. The molecule has 1 aromatic carbocycles. The van der Waals surface area contributed by atoms with Gasteiger partial charge in [0.1, 0.15) is 5.82 Å². The van der Waals surface area contributed by atoms with Gasteiger partial charge in [-0.05, 0) is 12.1 Å². The van der Waals surface area contributed by atoms with Crippen LogP contribution >= 0.6 is 0 Å². The van der Waals surface area contributed by atoms with Crippen molar-refractivity contribution in [3.63, 3.8) is 0 Å². The molecule has 2 aromatic rings. The lowest BCUT2D eigenvalue weighted by Gasteiger charge is -2.01. The molecule has 0 fully saturated rings. The van der Waals surface area contributed by atoms with E-state index in [0.29, 0.717) is 11.8 Å². The van der Waals surface area contributed by atoms with Crippen LogP contribution in [-0.2, 0) is 9.59 Å². The number of carbonyl (C=O) groups is 2. The number of benzene rings is 1. The van der Waals surface area contributed by atoms with Crippen molar-refractivity contribution in [3.05, 3.63) is 58.9 Å². The number of nitrogens with one attached hydrogen (secondary N) is 2. The van der Waals surface area contributed by atoms with Crippen molar-refractivity contribution in [2.45, 2.75) is 0 Å². The van der Waals surface area contributed by atoms with Gasteiger partial charge in [-0.1, -0.05) is 18.2 Å². The third-order valence-electron chi connectivity index (χ3n) is 2.37. The second-order valence-corrected chi connectivity index (χ2v) is 3.84. The summed E-state index contributed by atoms with van der Waals surface area (Å²) in [4.78, 5) is 33.4. The number of carboxylic acids is 1. The molecule has 7 heteroatoms. The molecule has 0 aliphatic heterocycles. The molecule has 0 spiro atoms. The van der Waals surface area contributed by atoms with Crippen molar-refractivity contribution in [3.8, 4) is 5.69 Å². The van der Waals surface area contributed by atoms with E-state index in [0.717, 1.165) is 6.08 Å². The minimum atomic E-state index is -1.23. The first kappa shape index (κ1) is 13.3. The van der Waals surface area contributed by atoms with E-state index in [9.17, 15) is 14.4 Å². The normalized spacial score (nSPS) is 10.6. The van der Waals surface area contributed by atoms with Crippen LogP contribution in [0.1, 0.15) is 0 Å². The van der Waals surface area contributed by atoms with Gasteiger partial charge in [-0.2, -0.15) is 0 Å². The van der Waals surface area contributed by atoms with Crippen molar-refractivity contribution in [1.29, 1.82) is 0 Å². The van der Waals surface area contributed by atoms with E-state index in [1.807, 2.05) is 6.07 Å². The number of para-hydroxylation sites is 1. The molecular formula is C13H11N3O4. The monoisotopic (exact) mass is 273 g/mol. The Labute approximate surface area is 113 Å². The van der Waals surface area contributed by atoms with Crippen LogP contribution in [-0.4, -0.2) is 26.8 Å². The molecule has 1 aromatic heterocycles. The summed E-state index contributed by atoms with van der Waals surface area (Å²) in [5.74, 6) is -1.69. The number of aromatic amines is 1. The molecule has 0 aliphatic rings. The first-order valence-electron chi connectivity index (χ1n) is 5.66. The SMILES string of the molecule is O=C(O)/C=C\C(=O)Nc1cc(=O)n(-c2ccccc2)[nH]1. The molecule has 1 amide bonds. The lowest BCUT2D eigenvalue weighted by molar-refractivity contribution is -0.131. The molecule has 0 atom stereocenters. The van der Waals surface area contributed by atoms with E-state index in [-0.39, 0.29) is 11.4 Å². The van der Waals surface area contributed by atoms with Gasteiger partial charge in [-0.15, -0.1) is 0 Å². The number of hydrogen-bond donors (Lipinski definition) is 3. The first-order chi connectivity index (χ1) is 9.56. The van der Waals surface area contributed by atoms with Gasteiger partial charge in [0.15, 0.2) is 0 Å². The Morgan fingerprint density at radius 2 is 1.90 bits per heavy atom. The van der Waals surface area contributed by atoms with Gasteiger partial charge in [-0.25, -0.2) is 9.48 Å². The summed E-state index contributed by atoms with van der Waals surface area (Å²) in [6.07, 6.45) is 1.57. The first-order valence-corrected chi connectivity index (χ1v) is 5.66. The molecule has 20 heavy (non-hydrogen) atoms. The van der Waals surface area contributed by atoms with Crippen LogP contribution in [0.4, 0.5) is 5.82 Å². The highest BCUT2D eigenvalue weighted by Gasteiger charge is 2.06. The summed E-state index contributed by atoms with van der Waals surface area (Å²) >= 11 is 0. The highest BCUT2D eigenvalue weighted by atomic mass is 16.4. The lowest BCUT2D eigenvalue weighted by atomic mass is 10.3. The molecule has 0 radical (unpaired) electrons. The van der Waals surface area contributed by atoms with Crippen molar-refractivity contribution in [1.82, 2.24) is 9.78 Å². The summed E-state index contributed by atoms with van der Waals surface area (Å²) < 4.78 is 1.26. The Balaban J connectivity index is 2.18. The number of aromatic nitrogens is 2. The predicted octanol–water partition coefficient (Wildman–Crippen LogP) is 0.745. The number of amides is 1. The lowest BCUT2D eigenvalue weighted by Crippen LogP contribution is -2.13. The van der Waals surface area contributed by atoms with Gasteiger partial charge in [0.2, 0.25) is 5.91 Å². The molecule has 3 N–H and O–H groups in total.